The van der Waals surface area contributed by atoms with Gasteiger partial charge in [0.1, 0.15) is 0 Å². The molecule has 194 valence electrons. The normalized spacial score (nSPS) is 10.7. The van der Waals surface area contributed by atoms with Gasteiger partial charge in [-0.05, 0) is 73.2 Å². The van der Waals surface area contributed by atoms with E-state index in [1.165, 1.54) is 11.1 Å². The van der Waals surface area contributed by atoms with Crippen molar-refractivity contribution in [3.05, 3.63) is 119 Å². The number of amides is 2. The van der Waals surface area contributed by atoms with Gasteiger partial charge in [-0.25, -0.2) is 0 Å². The Morgan fingerprint density at radius 2 is 0.895 bits per heavy atom. The van der Waals surface area contributed by atoms with Gasteiger partial charge in [-0.2, -0.15) is 0 Å². The van der Waals surface area contributed by atoms with Crippen LogP contribution >= 0.6 is 0 Å². The molecule has 4 heteroatoms. The van der Waals surface area contributed by atoms with Crippen LogP contribution in [0.15, 0.2) is 97.1 Å². The molecular formula is C34H36N2O2. The quantitative estimate of drug-likeness (QED) is 0.215. The molecule has 0 aromatic heterocycles. The minimum Gasteiger partial charge on any atom is -0.321 e. The smallest absolute Gasteiger partial charge is 0.255 e. The van der Waals surface area contributed by atoms with Crippen LogP contribution in [0.2, 0.25) is 0 Å². The summed E-state index contributed by atoms with van der Waals surface area (Å²) in [6.45, 7) is 4.35. The lowest BCUT2D eigenvalue weighted by molar-refractivity contribution is 0.101. The van der Waals surface area contributed by atoms with Gasteiger partial charge in [0, 0.05) is 33.6 Å². The van der Waals surface area contributed by atoms with Crippen molar-refractivity contribution in [1.82, 2.24) is 0 Å². The number of anilines is 2. The Balaban J connectivity index is 1.52. The number of rotatable bonds is 11. The molecular weight excluding hydrogens is 468 g/mol. The monoisotopic (exact) mass is 504 g/mol. The molecule has 4 nitrogen and oxygen atoms in total. The molecule has 4 aromatic carbocycles. The van der Waals surface area contributed by atoms with Crippen LogP contribution in [0.5, 0.6) is 0 Å². The molecule has 0 aliphatic carbocycles. The van der Waals surface area contributed by atoms with E-state index in [0.717, 1.165) is 49.7 Å². The van der Waals surface area contributed by atoms with E-state index in [9.17, 15) is 9.59 Å². The second kappa shape index (κ2) is 13.4. The maximum Gasteiger partial charge on any atom is 0.255 e. The predicted molar refractivity (Wildman–Crippen MR) is 158 cm³/mol. The molecule has 0 unspecified atom stereocenters. The molecule has 0 fully saturated rings. The molecule has 38 heavy (non-hydrogen) atoms. The van der Waals surface area contributed by atoms with Crippen LogP contribution < -0.4 is 10.6 Å². The summed E-state index contributed by atoms with van der Waals surface area (Å²) in [5, 5.41) is 6.14. The molecule has 0 saturated heterocycles. The van der Waals surface area contributed by atoms with Gasteiger partial charge in [0.15, 0.2) is 0 Å². The van der Waals surface area contributed by atoms with Crippen LogP contribution in [-0.2, 0) is 12.8 Å². The number of benzene rings is 4. The fourth-order valence-corrected chi connectivity index (χ4v) is 4.45. The number of hydrogen-bond acceptors (Lipinski definition) is 2. The lowest BCUT2D eigenvalue weighted by Gasteiger charge is -2.16. The third-order valence-corrected chi connectivity index (χ3v) is 6.71. The van der Waals surface area contributed by atoms with Crippen LogP contribution in [0.4, 0.5) is 11.4 Å². The first kappa shape index (κ1) is 26.9. The fourth-order valence-electron chi connectivity index (χ4n) is 4.45. The number of nitrogens with one attached hydrogen (secondary N) is 2. The average molecular weight is 505 g/mol. The van der Waals surface area contributed by atoms with Gasteiger partial charge in [0.05, 0.1) is 0 Å². The van der Waals surface area contributed by atoms with Gasteiger partial charge < -0.3 is 10.6 Å². The maximum absolute atomic E-state index is 13.1. The Hall–Kier alpha value is -4.18. The zero-order chi connectivity index (χ0) is 26.7. The Bertz CT molecular complexity index is 1250. The Morgan fingerprint density at radius 3 is 1.26 bits per heavy atom. The van der Waals surface area contributed by atoms with Crippen molar-refractivity contribution < 1.29 is 9.59 Å². The molecule has 0 heterocycles. The molecule has 0 aliphatic rings. The second-order valence-corrected chi connectivity index (χ2v) is 9.60. The van der Waals surface area contributed by atoms with Gasteiger partial charge >= 0.3 is 0 Å². The van der Waals surface area contributed by atoms with Crippen LogP contribution in [0.3, 0.4) is 0 Å². The van der Waals surface area contributed by atoms with E-state index in [4.69, 9.17) is 0 Å². The molecule has 0 radical (unpaired) electrons. The van der Waals surface area contributed by atoms with Crippen molar-refractivity contribution >= 4 is 23.2 Å². The van der Waals surface area contributed by atoms with Gasteiger partial charge in [-0.3, -0.25) is 9.59 Å². The van der Waals surface area contributed by atoms with E-state index in [1.807, 2.05) is 97.1 Å². The summed E-state index contributed by atoms with van der Waals surface area (Å²) < 4.78 is 0. The van der Waals surface area contributed by atoms with Gasteiger partial charge in [-0.15, -0.1) is 0 Å². The highest BCUT2D eigenvalue weighted by atomic mass is 16.2. The molecule has 4 aromatic rings. The molecule has 0 aliphatic heterocycles. The first-order valence-corrected chi connectivity index (χ1v) is 13.6. The van der Waals surface area contributed by atoms with Crippen LogP contribution in [-0.4, -0.2) is 11.8 Å². The van der Waals surface area contributed by atoms with Gasteiger partial charge in [0.2, 0.25) is 0 Å². The SMILES string of the molecule is CCCCc1ccc(C(=O)Nc2ccccc2-c2ccccc2NC(=O)c2ccc(CCCC)cc2)cc1. The van der Waals surface area contributed by atoms with Crippen molar-refractivity contribution in [1.29, 1.82) is 0 Å². The van der Waals surface area contributed by atoms with E-state index in [-0.39, 0.29) is 11.8 Å². The zero-order valence-electron chi connectivity index (χ0n) is 22.3. The molecule has 2 N–H and O–H groups in total. The van der Waals surface area contributed by atoms with Crippen molar-refractivity contribution in [3.63, 3.8) is 0 Å². The lowest BCUT2D eigenvalue weighted by atomic mass is 10.0. The van der Waals surface area contributed by atoms with E-state index in [1.54, 1.807) is 0 Å². The minimum absolute atomic E-state index is 0.163. The van der Waals surface area contributed by atoms with Crippen LogP contribution in [0, 0.1) is 0 Å². The fraction of sp³-hybridized carbons (Fsp3) is 0.235. The van der Waals surface area contributed by atoms with Crippen LogP contribution in [0.1, 0.15) is 71.4 Å². The first-order chi connectivity index (χ1) is 18.6. The van der Waals surface area contributed by atoms with Crippen molar-refractivity contribution in [2.24, 2.45) is 0 Å². The average Bonchev–Trinajstić information content (AvgIpc) is 2.96. The first-order valence-electron chi connectivity index (χ1n) is 13.6. The highest BCUT2D eigenvalue weighted by Crippen LogP contribution is 2.34. The standard InChI is InChI=1S/C34H36N2O2/c1-3-5-11-25-17-21-27(22-18-25)33(37)35-31-15-9-7-13-29(31)30-14-8-10-16-32(30)36-34(38)28-23-19-26(20-24-28)12-6-4-2/h7-10,13-24H,3-6,11-12H2,1-2H3,(H,35,37)(H,36,38). The van der Waals surface area contributed by atoms with E-state index in [0.29, 0.717) is 22.5 Å². The van der Waals surface area contributed by atoms with E-state index >= 15 is 0 Å². The van der Waals surface area contributed by atoms with Gasteiger partial charge in [-0.1, -0.05) is 87.4 Å². The lowest BCUT2D eigenvalue weighted by Crippen LogP contribution is -2.14. The Kier molecular flexibility index (Phi) is 9.47. The zero-order valence-corrected chi connectivity index (χ0v) is 22.3. The molecule has 4 rings (SSSR count). The highest BCUT2D eigenvalue weighted by Gasteiger charge is 2.15. The van der Waals surface area contributed by atoms with E-state index in [2.05, 4.69) is 24.5 Å². The summed E-state index contributed by atoms with van der Waals surface area (Å²) in [7, 11) is 0. The molecule has 2 amide bonds. The largest absolute Gasteiger partial charge is 0.321 e. The maximum atomic E-state index is 13.1. The highest BCUT2D eigenvalue weighted by molar-refractivity contribution is 6.09. The predicted octanol–water partition coefficient (Wildman–Crippen LogP) is 8.54. The Morgan fingerprint density at radius 1 is 0.526 bits per heavy atom. The number of carbonyl (C=O) groups excluding carboxylic acids is 2. The Labute approximate surface area is 226 Å². The van der Waals surface area contributed by atoms with Crippen molar-refractivity contribution in [3.8, 4) is 11.1 Å². The molecule has 0 saturated carbocycles. The summed E-state index contributed by atoms with van der Waals surface area (Å²) in [6.07, 6.45) is 6.61. The van der Waals surface area contributed by atoms with Crippen molar-refractivity contribution in [2.45, 2.75) is 52.4 Å². The molecule has 0 atom stereocenters. The summed E-state index contributed by atoms with van der Waals surface area (Å²) in [6, 6.07) is 31.0. The third-order valence-electron chi connectivity index (χ3n) is 6.71. The number of hydrogen-bond donors (Lipinski definition) is 2. The number of para-hydroxylation sites is 2. The van der Waals surface area contributed by atoms with E-state index < -0.39 is 0 Å². The second-order valence-electron chi connectivity index (χ2n) is 9.60. The summed E-state index contributed by atoms with van der Waals surface area (Å²) in [5.41, 5.74) is 6.77. The summed E-state index contributed by atoms with van der Waals surface area (Å²) in [5.74, 6) is -0.326. The van der Waals surface area contributed by atoms with Crippen LogP contribution in [0.25, 0.3) is 11.1 Å². The number of aryl methyl sites for hydroxylation is 2. The van der Waals surface area contributed by atoms with Crippen molar-refractivity contribution in [2.75, 3.05) is 10.6 Å². The topological polar surface area (TPSA) is 58.2 Å². The van der Waals surface area contributed by atoms with Gasteiger partial charge in [0.25, 0.3) is 11.8 Å². The third kappa shape index (κ3) is 6.98. The summed E-state index contributed by atoms with van der Waals surface area (Å²) >= 11 is 0. The summed E-state index contributed by atoms with van der Waals surface area (Å²) in [4.78, 5) is 26.2. The minimum atomic E-state index is -0.163. The number of unbranched alkanes of at least 4 members (excludes halogenated alkanes) is 2. The number of carbonyl (C=O) groups is 2. The molecule has 0 bridgehead atoms. The molecule has 0 spiro atoms.